The molecule has 1 atom stereocenters. The molecule has 0 bridgehead atoms. The summed E-state index contributed by atoms with van der Waals surface area (Å²) in [6.07, 6.45) is 3.57. The van der Waals surface area contributed by atoms with Crippen LogP contribution in [0.2, 0.25) is 0 Å². The number of nitrogens with zero attached hydrogens (tertiary/aromatic N) is 2. The molecule has 3 nitrogen and oxygen atoms in total. The van der Waals surface area contributed by atoms with Gasteiger partial charge in [-0.25, -0.2) is 4.98 Å². The van der Waals surface area contributed by atoms with E-state index in [4.69, 9.17) is 4.98 Å². The highest BCUT2D eigenvalue weighted by Gasteiger charge is 2.23. The van der Waals surface area contributed by atoms with Crippen LogP contribution in [0.25, 0.3) is 10.6 Å². The van der Waals surface area contributed by atoms with Crippen LogP contribution in [0, 0.1) is 13.8 Å². The van der Waals surface area contributed by atoms with Crippen molar-refractivity contribution in [2.75, 3.05) is 7.05 Å². The number of hydrogen-bond donors (Lipinski definition) is 1. The fourth-order valence-corrected chi connectivity index (χ4v) is 4.02. The number of nitrogens with one attached hydrogen (secondary N) is 1. The predicted octanol–water partition coefficient (Wildman–Crippen LogP) is 3.42. The molecule has 1 aliphatic rings. The van der Waals surface area contributed by atoms with Gasteiger partial charge in [-0.15, -0.1) is 11.3 Å². The highest BCUT2D eigenvalue weighted by Crippen LogP contribution is 2.37. The molecule has 100 valence electrons. The van der Waals surface area contributed by atoms with Crippen LogP contribution in [0.1, 0.15) is 40.8 Å². The number of aromatic nitrogens is 2. The minimum absolute atomic E-state index is 0.485. The number of pyridine rings is 1. The summed E-state index contributed by atoms with van der Waals surface area (Å²) in [7, 11) is 2.04. The molecule has 3 rings (SSSR count). The molecule has 2 aromatic heterocycles. The zero-order chi connectivity index (χ0) is 13.4. The summed E-state index contributed by atoms with van der Waals surface area (Å²) in [6.45, 7) is 4.08. The third kappa shape index (κ3) is 2.42. The number of rotatable bonds is 2. The van der Waals surface area contributed by atoms with Gasteiger partial charge in [0.05, 0.1) is 5.69 Å². The number of aryl methyl sites for hydroxylation is 3. The van der Waals surface area contributed by atoms with E-state index in [1.54, 1.807) is 0 Å². The van der Waals surface area contributed by atoms with Gasteiger partial charge in [-0.3, -0.25) is 4.98 Å². The van der Waals surface area contributed by atoms with E-state index in [1.165, 1.54) is 29.0 Å². The van der Waals surface area contributed by atoms with Crippen LogP contribution in [0.3, 0.4) is 0 Å². The van der Waals surface area contributed by atoms with Gasteiger partial charge >= 0.3 is 0 Å². The van der Waals surface area contributed by atoms with E-state index in [-0.39, 0.29) is 0 Å². The Kier molecular flexibility index (Phi) is 3.37. The molecule has 0 aromatic carbocycles. The van der Waals surface area contributed by atoms with Gasteiger partial charge < -0.3 is 5.32 Å². The van der Waals surface area contributed by atoms with Crippen LogP contribution in [0.4, 0.5) is 0 Å². The Morgan fingerprint density at radius 2 is 1.95 bits per heavy atom. The largest absolute Gasteiger partial charge is 0.312 e. The van der Waals surface area contributed by atoms with Crippen molar-refractivity contribution in [3.63, 3.8) is 0 Å². The first-order valence-corrected chi connectivity index (χ1v) is 7.61. The SMILES string of the molecule is CNC1CCCc2nc(-c3cc(C)nc(C)c3)sc21. The van der Waals surface area contributed by atoms with Gasteiger partial charge in [0, 0.05) is 27.9 Å². The molecule has 1 N–H and O–H groups in total. The molecule has 1 unspecified atom stereocenters. The Morgan fingerprint density at radius 1 is 1.21 bits per heavy atom. The molecule has 0 saturated carbocycles. The molecule has 0 fully saturated rings. The fourth-order valence-electron chi connectivity index (χ4n) is 2.78. The molecule has 0 saturated heterocycles. The van der Waals surface area contributed by atoms with E-state index < -0.39 is 0 Å². The minimum Gasteiger partial charge on any atom is -0.312 e. The molecule has 1 aliphatic carbocycles. The van der Waals surface area contributed by atoms with Crippen LogP contribution in [-0.4, -0.2) is 17.0 Å². The Labute approximate surface area is 118 Å². The summed E-state index contributed by atoms with van der Waals surface area (Å²) in [5.41, 5.74) is 4.62. The van der Waals surface area contributed by atoms with Crippen LogP contribution < -0.4 is 5.32 Å². The number of hydrogen-bond acceptors (Lipinski definition) is 4. The van der Waals surface area contributed by atoms with Crippen molar-refractivity contribution in [2.24, 2.45) is 0 Å². The van der Waals surface area contributed by atoms with Gasteiger partial charge in [-0.05, 0) is 52.3 Å². The average Bonchev–Trinajstić information content (AvgIpc) is 2.81. The first kappa shape index (κ1) is 12.8. The first-order valence-electron chi connectivity index (χ1n) is 6.80. The average molecular weight is 273 g/mol. The van der Waals surface area contributed by atoms with Crippen molar-refractivity contribution in [3.8, 4) is 10.6 Å². The monoisotopic (exact) mass is 273 g/mol. The smallest absolute Gasteiger partial charge is 0.124 e. The molecule has 0 amide bonds. The van der Waals surface area contributed by atoms with E-state index in [2.05, 4.69) is 22.4 Å². The van der Waals surface area contributed by atoms with Crippen LogP contribution in [-0.2, 0) is 6.42 Å². The second kappa shape index (κ2) is 5.02. The normalized spacial score (nSPS) is 18.4. The summed E-state index contributed by atoms with van der Waals surface area (Å²) in [6, 6.07) is 4.75. The lowest BCUT2D eigenvalue weighted by atomic mass is 9.98. The van der Waals surface area contributed by atoms with Gasteiger partial charge in [0.15, 0.2) is 0 Å². The second-order valence-corrected chi connectivity index (χ2v) is 6.23. The molecule has 4 heteroatoms. The predicted molar refractivity (Wildman–Crippen MR) is 79.6 cm³/mol. The zero-order valence-corrected chi connectivity index (χ0v) is 12.5. The summed E-state index contributed by atoms with van der Waals surface area (Å²) >= 11 is 1.84. The van der Waals surface area contributed by atoms with E-state index in [0.29, 0.717) is 6.04 Å². The third-order valence-electron chi connectivity index (χ3n) is 3.63. The van der Waals surface area contributed by atoms with Crippen molar-refractivity contribution < 1.29 is 0 Å². The quantitative estimate of drug-likeness (QED) is 0.911. The molecule has 0 spiro atoms. The van der Waals surface area contributed by atoms with Crippen molar-refractivity contribution in [1.82, 2.24) is 15.3 Å². The van der Waals surface area contributed by atoms with Crippen LogP contribution in [0.15, 0.2) is 12.1 Å². The Hall–Kier alpha value is -1.26. The lowest BCUT2D eigenvalue weighted by Crippen LogP contribution is -2.19. The highest BCUT2D eigenvalue weighted by molar-refractivity contribution is 7.15. The minimum atomic E-state index is 0.485. The Morgan fingerprint density at radius 3 is 2.63 bits per heavy atom. The van der Waals surface area contributed by atoms with Gasteiger partial charge in [0.25, 0.3) is 0 Å². The van der Waals surface area contributed by atoms with Crippen molar-refractivity contribution in [3.05, 3.63) is 34.1 Å². The Bertz CT molecular complexity index is 583. The lowest BCUT2D eigenvalue weighted by molar-refractivity contribution is 0.501. The van der Waals surface area contributed by atoms with Gasteiger partial charge in [-0.2, -0.15) is 0 Å². The summed E-state index contributed by atoms with van der Waals surface area (Å²) in [5, 5.41) is 4.55. The van der Waals surface area contributed by atoms with E-state index >= 15 is 0 Å². The number of fused-ring (bicyclic) bond motifs is 1. The van der Waals surface area contributed by atoms with Crippen molar-refractivity contribution in [1.29, 1.82) is 0 Å². The maximum atomic E-state index is 4.85. The second-order valence-electron chi connectivity index (χ2n) is 5.20. The lowest BCUT2D eigenvalue weighted by Gasteiger charge is -2.19. The summed E-state index contributed by atoms with van der Waals surface area (Å²) in [4.78, 5) is 10.7. The summed E-state index contributed by atoms with van der Waals surface area (Å²) < 4.78 is 0. The van der Waals surface area contributed by atoms with E-state index in [1.807, 2.05) is 32.2 Å². The molecular formula is C15H19N3S. The van der Waals surface area contributed by atoms with Gasteiger partial charge in [-0.1, -0.05) is 0 Å². The van der Waals surface area contributed by atoms with Crippen LogP contribution >= 0.6 is 11.3 Å². The van der Waals surface area contributed by atoms with E-state index in [9.17, 15) is 0 Å². The standard InChI is InChI=1S/C15H19N3S/c1-9-7-11(8-10(2)17-9)15-18-13-6-4-5-12(16-3)14(13)19-15/h7-8,12,16H,4-6H2,1-3H3. The Balaban J connectivity index is 2.04. The maximum Gasteiger partial charge on any atom is 0.124 e. The van der Waals surface area contributed by atoms with Crippen molar-refractivity contribution in [2.45, 2.75) is 39.2 Å². The third-order valence-corrected chi connectivity index (χ3v) is 4.89. The zero-order valence-electron chi connectivity index (χ0n) is 11.7. The van der Waals surface area contributed by atoms with Gasteiger partial charge in [0.2, 0.25) is 0 Å². The molecule has 19 heavy (non-hydrogen) atoms. The fraction of sp³-hybridized carbons (Fsp3) is 0.467. The molecule has 2 heterocycles. The topological polar surface area (TPSA) is 37.8 Å². The highest BCUT2D eigenvalue weighted by atomic mass is 32.1. The van der Waals surface area contributed by atoms with Crippen molar-refractivity contribution >= 4 is 11.3 Å². The first-order chi connectivity index (χ1) is 9.17. The molecule has 0 radical (unpaired) electrons. The molecular weight excluding hydrogens is 254 g/mol. The molecule has 2 aromatic rings. The summed E-state index contributed by atoms with van der Waals surface area (Å²) in [5.74, 6) is 0. The number of thiazole rings is 1. The van der Waals surface area contributed by atoms with E-state index in [0.717, 1.165) is 22.8 Å². The van der Waals surface area contributed by atoms with Crippen LogP contribution in [0.5, 0.6) is 0 Å². The molecule has 0 aliphatic heterocycles. The van der Waals surface area contributed by atoms with Gasteiger partial charge in [0.1, 0.15) is 5.01 Å². The maximum absolute atomic E-state index is 4.85.